The zero-order chi connectivity index (χ0) is 13.2. The number of carboxylic acid groups (broad SMARTS) is 1. The van der Waals surface area contributed by atoms with E-state index in [4.69, 9.17) is 5.11 Å². The molecule has 2 saturated carbocycles. The Morgan fingerprint density at radius 1 is 1.11 bits per heavy atom. The zero-order valence-electron chi connectivity index (χ0n) is 11.7. The van der Waals surface area contributed by atoms with Crippen LogP contribution in [-0.2, 0) is 4.79 Å². The molecule has 3 fully saturated rings. The van der Waals surface area contributed by atoms with Gasteiger partial charge in [0.1, 0.15) is 0 Å². The van der Waals surface area contributed by atoms with E-state index >= 15 is 0 Å². The van der Waals surface area contributed by atoms with Crippen LogP contribution in [0.25, 0.3) is 0 Å². The van der Waals surface area contributed by atoms with E-state index in [1.165, 1.54) is 38.5 Å². The zero-order valence-corrected chi connectivity index (χ0v) is 11.7. The average molecular weight is 266 g/mol. The summed E-state index contributed by atoms with van der Waals surface area (Å²) in [6.07, 6.45) is 8.46. The first-order chi connectivity index (χ1) is 9.19. The largest absolute Gasteiger partial charge is 0.481 e. The number of rotatable bonds is 7. The number of hydrogen-bond acceptors (Lipinski definition) is 3. The van der Waals surface area contributed by atoms with E-state index in [-0.39, 0.29) is 6.42 Å². The number of carbonyl (C=O) groups is 1. The molecular formula is C15H26N2O2. The number of hydrogen-bond donors (Lipinski definition) is 2. The van der Waals surface area contributed by atoms with Gasteiger partial charge >= 0.3 is 5.97 Å². The third-order valence-corrected chi connectivity index (χ3v) is 4.67. The quantitative estimate of drug-likeness (QED) is 0.736. The first-order valence-electron chi connectivity index (χ1n) is 7.89. The molecule has 0 aromatic heterocycles. The van der Waals surface area contributed by atoms with Crippen LogP contribution in [0.4, 0.5) is 0 Å². The van der Waals surface area contributed by atoms with Gasteiger partial charge in [0, 0.05) is 31.7 Å². The van der Waals surface area contributed by atoms with Gasteiger partial charge in [-0.05, 0) is 37.5 Å². The van der Waals surface area contributed by atoms with Crippen LogP contribution in [0.15, 0.2) is 0 Å². The van der Waals surface area contributed by atoms with E-state index < -0.39 is 5.97 Å². The van der Waals surface area contributed by atoms with Gasteiger partial charge in [-0.3, -0.25) is 4.79 Å². The highest BCUT2D eigenvalue weighted by Gasteiger charge is 2.34. The summed E-state index contributed by atoms with van der Waals surface area (Å²) in [4.78, 5) is 13.1. The lowest BCUT2D eigenvalue weighted by molar-refractivity contribution is -0.137. The second-order valence-corrected chi connectivity index (χ2v) is 6.82. The molecule has 4 heteroatoms. The lowest BCUT2D eigenvalue weighted by Gasteiger charge is -2.38. The molecule has 2 aliphatic carbocycles. The van der Waals surface area contributed by atoms with Crippen LogP contribution >= 0.6 is 0 Å². The highest BCUT2D eigenvalue weighted by Crippen LogP contribution is 2.38. The molecule has 4 nitrogen and oxygen atoms in total. The maximum absolute atomic E-state index is 10.7. The Balaban J connectivity index is 1.50. The fraction of sp³-hybridized carbons (Fsp3) is 0.933. The van der Waals surface area contributed by atoms with Crippen molar-refractivity contribution in [1.29, 1.82) is 0 Å². The topological polar surface area (TPSA) is 52.6 Å². The van der Waals surface area contributed by atoms with Crippen molar-refractivity contribution in [2.24, 2.45) is 11.8 Å². The van der Waals surface area contributed by atoms with Crippen molar-refractivity contribution >= 4 is 5.97 Å². The number of nitrogens with one attached hydrogen (secondary N) is 1. The Labute approximate surface area is 115 Å². The minimum absolute atomic E-state index is 0.284. The van der Waals surface area contributed by atoms with E-state index in [2.05, 4.69) is 10.2 Å². The minimum Gasteiger partial charge on any atom is -0.481 e. The standard InChI is InChI=1S/C15H26N2O2/c18-15(19)5-6-17-9-12(7-11-1-2-11)8-14(10-17)16-13-3-4-13/h11-14,16H,1-10H2,(H,18,19). The smallest absolute Gasteiger partial charge is 0.304 e. The van der Waals surface area contributed by atoms with Crippen LogP contribution in [0.2, 0.25) is 0 Å². The highest BCUT2D eigenvalue weighted by molar-refractivity contribution is 5.66. The molecule has 19 heavy (non-hydrogen) atoms. The van der Waals surface area contributed by atoms with E-state index in [1.54, 1.807) is 0 Å². The Morgan fingerprint density at radius 2 is 1.89 bits per heavy atom. The maximum Gasteiger partial charge on any atom is 0.304 e. The average Bonchev–Trinajstić information content (AvgIpc) is 3.22. The van der Waals surface area contributed by atoms with Crippen molar-refractivity contribution in [3.8, 4) is 0 Å². The van der Waals surface area contributed by atoms with E-state index in [0.29, 0.717) is 6.04 Å². The Morgan fingerprint density at radius 3 is 2.53 bits per heavy atom. The molecule has 3 rings (SSSR count). The minimum atomic E-state index is -0.670. The Kier molecular flexibility index (Phi) is 4.08. The molecule has 3 aliphatic rings. The molecule has 2 unspecified atom stereocenters. The first-order valence-corrected chi connectivity index (χ1v) is 7.89. The van der Waals surface area contributed by atoms with Gasteiger partial charge in [0.15, 0.2) is 0 Å². The summed E-state index contributed by atoms with van der Waals surface area (Å²) in [6.45, 7) is 2.89. The molecule has 0 radical (unpaired) electrons. The molecule has 0 aromatic rings. The van der Waals surface area contributed by atoms with E-state index in [9.17, 15) is 4.79 Å². The van der Waals surface area contributed by atoms with Crippen molar-refractivity contribution < 1.29 is 9.90 Å². The van der Waals surface area contributed by atoms with Gasteiger partial charge in [-0.2, -0.15) is 0 Å². The molecule has 2 atom stereocenters. The van der Waals surface area contributed by atoms with Crippen LogP contribution in [0.3, 0.4) is 0 Å². The van der Waals surface area contributed by atoms with Crippen molar-refractivity contribution in [3.63, 3.8) is 0 Å². The summed E-state index contributed by atoms with van der Waals surface area (Å²) in [5, 5.41) is 12.6. The van der Waals surface area contributed by atoms with Gasteiger partial charge in [0.2, 0.25) is 0 Å². The predicted octanol–water partition coefficient (Wildman–Crippen LogP) is 1.70. The van der Waals surface area contributed by atoms with Gasteiger partial charge < -0.3 is 15.3 Å². The summed E-state index contributed by atoms with van der Waals surface area (Å²) >= 11 is 0. The fourth-order valence-corrected chi connectivity index (χ4v) is 3.44. The Hall–Kier alpha value is -0.610. The maximum atomic E-state index is 10.7. The number of piperidine rings is 1. The molecule has 108 valence electrons. The SMILES string of the molecule is O=C(O)CCN1CC(CC2CC2)CC(NC2CC2)C1. The van der Waals surface area contributed by atoms with E-state index in [1.807, 2.05) is 0 Å². The van der Waals surface area contributed by atoms with Gasteiger partial charge in [-0.1, -0.05) is 12.8 Å². The second-order valence-electron chi connectivity index (χ2n) is 6.82. The van der Waals surface area contributed by atoms with Crippen LogP contribution in [-0.4, -0.2) is 47.7 Å². The molecule has 0 aromatic carbocycles. The van der Waals surface area contributed by atoms with Crippen LogP contribution in [0, 0.1) is 11.8 Å². The molecule has 1 aliphatic heterocycles. The third-order valence-electron chi connectivity index (χ3n) is 4.67. The summed E-state index contributed by atoms with van der Waals surface area (Å²) in [6, 6.07) is 1.35. The predicted molar refractivity (Wildman–Crippen MR) is 74.1 cm³/mol. The summed E-state index contributed by atoms with van der Waals surface area (Å²) in [7, 11) is 0. The highest BCUT2D eigenvalue weighted by atomic mass is 16.4. The molecule has 1 heterocycles. The lowest BCUT2D eigenvalue weighted by Crippen LogP contribution is -2.50. The summed E-state index contributed by atoms with van der Waals surface area (Å²) < 4.78 is 0. The van der Waals surface area contributed by atoms with Gasteiger partial charge in [-0.15, -0.1) is 0 Å². The van der Waals surface area contributed by atoms with Crippen LogP contribution in [0.5, 0.6) is 0 Å². The normalized spacial score (nSPS) is 32.4. The molecule has 2 N–H and O–H groups in total. The number of carboxylic acids is 1. The molecule has 0 bridgehead atoms. The first kappa shape index (κ1) is 13.4. The van der Waals surface area contributed by atoms with Gasteiger partial charge in [0.25, 0.3) is 0 Å². The fourth-order valence-electron chi connectivity index (χ4n) is 3.44. The summed E-state index contributed by atoms with van der Waals surface area (Å²) in [5.41, 5.74) is 0. The number of likely N-dealkylation sites (tertiary alicyclic amines) is 1. The summed E-state index contributed by atoms with van der Waals surface area (Å²) in [5.74, 6) is 1.09. The van der Waals surface area contributed by atoms with Crippen molar-refractivity contribution in [1.82, 2.24) is 10.2 Å². The molecule has 0 spiro atoms. The number of aliphatic carboxylic acids is 1. The third kappa shape index (κ3) is 4.46. The van der Waals surface area contributed by atoms with Crippen molar-refractivity contribution in [3.05, 3.63) is 0 Å². The molecule has 1 saturated heterocycles. The lowest BCUT2D eigenvalue weighted by atomic mass is 9.89. The van der Waals surface area contributed by atoms with Crippen LogP contribution in [0.1, 0.15) is 44.9 Å². The van der Waals surface area contributed by atoms with Crippen LogP contribution < -0.4 is 5.32 Å². The number of nitrogens with zero attached hydrogens (tertiary/aromatic N) is 1. The molecular weight excluding hydrogens is 240 g/mol. The monoisotopic (exact) mass is 266 g/mol. The van der Waals surface area contributed by atoms with Crippen molar-refractivity contribution in [2.75, 3.05) is 19.6 Å². The van der Waals surface area contributed by atoms with Gasteiger partial charge in [0.05, 0.1) is 6.42 Å². The van der Waals surface area contributed by atoms with Crippen molar-refractivity contribution in [2.45, 2.75) is 57.0 Å². The van der Waals surface area contributed by atoms with Gasteiger partial charge in [-0.25, -0.2) is 0 Å². The van der Waals surface area contributed by atoms with E-state index in [0.717, 1.165) is 37.5 Å². The Bertz CT molecular complexity index is 304. The second kappa shape index (κ2) is 5.80. The molecule has 0 amide bonds.